The molecule has 4 rings (SSSR count). The minimum atomic E-state index is -0.226. The van der Waals surface area contributed by atoms with Gasteiger partial charge < -0.3 is 14.3 Å². The number of hydrogen-bond acceptors (Lipinski definition) is 6. The number of aliphatic hydroxyl groups excluding tert-OH is 1. The summed E-state index contributed by atoms with van der Waals surface area (Å²) in [5, 5.41) is 10.1. The molecule has 0 bridgehead atoms. The maximum absolute atomic E-state index is 10.1. The van der Waals surface area contributed by atoms with Crippen LogP contribution in [0.5, 0.6) is 0 Å². The summed E-state index contributed by atoms with van der Waals surface area (Å²) in [6.07, 6.45) is 8.67. The Morgan fingerprint density at radius 3 is 2.92 bits per heavy atom. The maximum Gasteiger partial charge on any atom is 0.195 e. The summed E-state index contributed by atoms with van der Waals surface area (Å²) in [5.74, 6) is 1.28. The summed E-state index contributed by atoms with van der Waals surface area (Å²) in [6, 6.07) is 3.94. The fourth-order valence-electron chi connectivity index (χ4n) is 4.16. The lowest BCUT2D eigenvalue weighted by atomic mass is 9.79. The highest BCUT2D eigenvalue weighted by atomic mass is 16.5. The molecular weight excluding hydrogens is 306 g/mol. The van der Waals surface area contributed by atoms with Crippen molar-refractivity contribution in [3.05, 3.63) is 36.4 Å². The molecular formula is C18H23N3O3. The quantitative estimate of drug-likeness (QED) is 0.927. The van der Waals surface area contributed by atoms with E-state index >= 15 is 0 Å². The van der Waals surface area contributed by atoms with Crippen LogP contribution in [0.15, 0.2) is 35.2 Å². The van der Waals surface area contributed by atoms with Crippen LogP contribution in [-0.4, -0.2) is 51.4 Å². The molecule has 0 spiro atoms. The number of aliphatic hydroxyl groups is 1. The second-order valence-corrected chi connectivity index (χ2v) is 6.83. The van der Waals surface area contributed by atoms with E-state index in [2.05, 4.69) is 14.9 Å². The van der Waals surface area contributed by atoms with Crippen molar-refractivity contribution >= 4 is 0 Å². The van der Waals surface area contributed by atoms with Gasteiger partial charge in [0.1, 0.15) is 0 Å². The molecule has 2 fully saturated rings. The van der Waals surface area contributed by atoms with Gasteiger partial charge in [0.05, 0.1) is 18.0 Å². The van der Waals surface area contributed by atoms with E-state index in [-0.39, 0.29) is 17.7 Å². The zero-order valence-corrected chi connectivity index (χ0v) is 13.9. The van der Waals surface area contributed by atoms with E-state index in [0.29, 0.717) is 11.6 Å². The Morgan fingerprint density at radius 2 is 2.21 bits per heavy atom. The van der Waals surface area contributed by atoms with Crippen LogP contribution in [-0.2, 0) is 11.3 Å². The molecule has 1 aliphatic carbocycles. The molecule has 6 heteroatoms. The van der Waals surface area contributed by atoms with Crippen LogP contribution in [0, 0.1) is 0 Å². The number of rotatable bonds is 4. The van der Waals surface area contributed by atoms with Gasteiger partial charge in [0.15, 0.2) is 11.6 Å². The highest BCUT2D eigenvalue weighted by Gasteiger charge is 2.50. The molecule has 24 heavy (non-hydrogen) atoms. The topological polar surface area (TPSA) is 71.6 Å². The molecule has 128 valence electrons. The molecule has 0 aromatic carbocycles. The van der Waals surface area contributed by atoms with Gasteiger partial charge in [0, 0.05) is 44.2 Å². The third-order valence-electron chi connectivity index (χ3n) is 5.51. The summed E-state index contributed by atoms with van der Waals surface area (Å²) in [6.45, 7) is 1.76. The van der Waals surface area contributed by atoms with Gasteiger partial charge in [-0.2, -0.15) is 0 Å². The SMILES string of the molecule is CO[C@@]12CC[C@@H](O)C[C@@H]1N(Cc1cnc(-c3ccco3)nc1)CC2. The minimum absolute atomic E-state index is 0.103. The van der Waals surface area contributed by atoms with Gasteiger partial charge >= 0.3 is 0 Å². The maximum atomic E-state index is 10.1. The number of fused-ring (bicyclic) bond motifs is 1. The predicted molar refractivity (Wildman–Crippen MR) is 88.1 cm³/mol. The summed E-state index contributed by atoms with van der Waals surface area (Å²) >= 11 is 0. The number of nitrogens with zero attached hydrogens (tertiary/aromatic N) is 3. The number of furan rings is 1. The Kier molecular flexibility index (Phi) is 4.12. The standard InChI is InChI=1S/C18H23N3O3/c1-23-18-5-4-14(22)9-16(18)21(7-6-18)12-13-10-19-17(20-11-13)15-3-2-8-24-15/h2-3,8,10-11,14,16,22H,4-7,9,12H2,1H3/t14-,16+,18-/m1/s1. The molecule has 3 atom stereocenters. The van der Waals surface area contributed by atoms with Gasteiger partial charge in [-0.05, 0) is 37.8 Å². The Balaban J connectivity index is 1.49. The molecule has 2 aromatic rings. The molecule has 0 amide bonds. The first kappa shape index (κ1) is 15.7. The van der Waals surface area contributed by atoms with Crippen molar-refractivity contribution in [3.63, 3.8) is 0 Å². The summed E-state index contributed by atoms with van der Waals surface area (Å²) in [5.41, 5.74) is 0.964. The fourth-order valence-corrected chi connectivity index (χ4v) is 4.16. The Labute approximate surface area is 141 Å². The molecule has 0 unspecified atom stereocenters. The van der Waals surface area contributed by atoms with Crippen molar-refractivity contribution in [1.82, 2.24) is 14.9 Å². The number of hydrogen-bond donors (Lipinski definition) is 1. The van der Waals surface area contributed by atoms with Crippen LogP contribution < -0.4 is 0 Å². The van der Waals surface area contributed by atoms with Crippen LogP contribution in [0.1, 0.15) is 31.2 Å². The summed E-state index contributed by atoms with van der Waals surface area (Å²) in [4.78, 5) is 11.2. The van der Waals surface area contributed by atoms with Crippen LogP contribution in [0.4, 0.5) is 0 Å². The Morgan fingerprint density at radius 1 is 1.38 bits per heavy atom. The van der Waals surface area contributed by atoms with Gasteiger partial charge in [0.2, 0.25) is 0 Å². The molecule has 3 heterocycles. The normalized spacial score (nSPS) is 30.4. The van der Waals surface area contributed by atoms with Gasteiger partial charge in [-0.25, -0.2) is 9.97 Å². The first-order valence-electron chi connectivity index (χ1n) is 8.52. The second kappa shape index (κ2) is 6.27. The van der Waals surface area contributed by atoms with Crippen molar-refractivity contribution < 1.29 is 14.3 Å². The molecule has 1 saturated carbocycles. The Hall–Kier alpha value is -1.76. The molecule has 0 radical (unpaired) electrons. The largest absolute Gasteiger partial charge is 0.461 e. The highest BCUT2D eigenvalue weighted by molar-refractivity contribution is 5.45. The number of methoxy groups -OCH3 is 1. The Bertz CT molecular complexity index is 673. The van der Waals surface area contributed by atoms with E-state index in [4.69, 9.17) is 9.15 Å². The molecule has 1 saturated heterocycles. The third kappa shape index (κ3) is 2.75. The average molecular weight is 329 g/mol. The van der Waals surface area contributed by atoms with Crippen molar-refractivity contribution in [1.29, 1.82) is 0 Å². The van der Waals surface area contributed by atoms with Gasteiger partial charge in [-0.1, -0.05) is 0 Å². The molecule has 6 nitrogen and oxygen atoms in total. The van der Waals surface area contributed by atoms with E-state index in [0.717, 1.165) is 44.3 Å². The summed E-state index contributed by atoms with van der Waals surface area (Å²) < 4.78 is 11.2. The van der Waals surface area contributed by atoms with Crippen LogP contribution >= 0.6 is 0 Å². The monoisotopic (exact) mass is 329 g/mol. The lowest BCUT2D eigenvalue weighted by Crippen LogP contribution is -2.51. The van der Waals surface area contributed by atoms with Crippen LogP contribution in [0.2, 0.25) is 0 Å². The van der Waals surface area contributed by atoms with E-state index in [1.807, 2.05) is 24.5 Å². The van der Waals surface area contributed by atoms with Crippen molar-refractivity contribution in [2.75, 3.05) is 13.7 Å². The zero-order valence-electron chi connectivity index (χ0n) is 13.9. The molecule has 1 aliphatic heterocycles. The summed E-state index contributed by atoms with van der Waals surface area (Å²) in [7, 11) is 1.80. The minimum Gasteiger partial charge on any atom is -0.461 e. The molecule has 2 aromatic heterocycles. The van der Waals surface area contributed by atoms with Crippen molar-refractivity contribution in [2.24, 2.45) is 0 Å². The first-order chi connectivity index (χ1) is 11.7. The zero-order chi connectivity index (χ0) is 16.6. The predicted octanol–water partition coefficient (Wildman–Crippen LogP) is 2.24. The van der Waals surface area contributed by atoms with Crippen molar-refractivity contribution in [2.45, 2.75) is 50.0 Å². The second-order valence-electron chi connectivity index (χ2n) is 6.83. The third-order valence-corrected chi connectivity index (χ3v) is 5.51. The number of ether oxygens (including phenoxy) is 1. The van der Waals surface area contributed by atoms with Gasteiger partial charge in [-0.15, -0.1) is 0 Å². The lowest BCUT2D eigenvalue weighted by Gasteiger charge is -2.42. The molecule has 1 N–H and O–H groups in total. The smallest absolute Gasteiger partial charge is 0.195 e. The van der Waals surface area contributed by atoms with E-state index in [1.54, 1.807) is 13.4 Å². The average Bonchev–Trinajstić information content (AvgIpc) is 3.25. The van der Waals surface area contributed by atoms with Crippen LogP contribution in [0.25, 0.3) is 11.6 Å². The first-order valence-corrected chi connectivity index (χ1v) is 8.52. The van der Waals surface area contributed by atoms with Gasteiger partial charge in [0.25, 0.3) is 0 Å². The highest BCUT2D eigenvalue weighted by Crippen LogP contribution is 2.42. The fraction of sp³-hybridized carbons (Fsp3) is 0.556. The lowest BCUT2D eigenvalue weighted by molar-refractivity contribution is -0.0879. The van der Waals surface area contributed by atoms with E-state index < -0.39 is 0 Å². The van der Waals surface area contributed by atoms with Crippen LogP contribution in [0.3, 0.4) is 0 Å². The number of aromatic nitrogens is 2. The van der Waals surface area contributed by atoms with E-state index in [9.17, 15) is 5.11 Å². The van der Waals surface area contributed by atoms with Gasteiger partial charge in [-0.3, -0.25) is 4.90 Å². The van der Waals surface area contributed by atoms with Crippen molar-refractivity contribution in [3.8, 4) is 11.6 Å². The number of likely N-dealkylation sites (tertiary alicyclic amines) is 1. The van der Waals surface area contributed by atoms with E-state index in [1.165, 1.54) is 0 Å². The molecule has 2 aliphatic rings.